The molecule has 1 aromatic carbocycles. The number of likely N-dealkylation sites (tertiary alicyclic amines) is 1. The summed E-state index contributed by atoms with van der Waals surface area (Å²) in [5.74, 6) is -1.76. The summed E-state index contributed by atoms with van der Waals surface area (Å²) in [7, 11) is 0. The first-order valence-corrected chi connectivity index (χ1v) is 15.7. The van der Waals surface area contributed by atoms with Gasteiger partial charge in [-0.05, 0) is 18.1 Å². The van der Waals surface area contributed by atoms with E-state index in [1.165, 1.54) is 0 Å². The molecule has 1 aromatic rings. The Morgan fingerprint density at radius 3 is 2.46 bits per heavy atom. The van der Waals surface area contributed by atoms with Crippen molar-refractivity contribution in [3.05, 3.63) is 54.6 Å². The number of aliphatic hydroxyl groups is 1. The number of fused-ring (bicyclic) bond motifs is 2. The van der Waals surface area contributed by atoms with Gasteiger partial charge in [-0.2, -0.15) is 0 Å². The molecule has 0 bridgehead atoms. The lowest BCUT2D eigenvalue weighted by Gasteiger charge is -2.40. The van der Waals surface area contributed by atoms with Crippen LogP contribution >= 0.6 is 11.8 Å². The third-order valence-electron chi connectivity index (χ3n) is 9.35. The standard InChI is InChI=1S/C31H40N4O5S/c1-21(2)23(20-36)35-27-30(39)33(15-14-32-16-18-40-19-17-32)12-7-11-31(27)26(29(35)38)25-24(41-31)10-6-13-34(28(25)37)22-8-4-3-5-9-22/h3-11,21,23-27,36H,12-20H2,1-2H3/t23-,24+,25-,26-,27?,31-/m0/s1. The van der Waals surface area contributed by atoms with Gasteiger partial charge in [0.2, 0.25) is 17.7 Å². The van der Waals surface area contributed by atoms with Gasteiger partial charge in [0.15, 0.2) is 0 Å². The summed E-state index contributed by atoms with van der Waals surface area (Å²) in [6.07, 6.45) is 8.14. The van der Waals surface area contributed by atoms with Crippen LogP contribution in [0.25, 0.3) is 0 Å². The number of ether oxygens (including phenoxy) is 1. The quantitative estimate of drug-likeness (QED) is 0.490. The van der Waals surface area contributed by atoms with Crippen molar-refractivity contribution in [2.24, 2.45) is 17.8 Å². The van der Waals surface area contributed by atoms with E-state index in [2.05, 4.69) is 17.1 Å². The van der Waals surface area contributed by atoms with Crippen LogP contribution in [0.1, 0.15) is 13.8 Å². The molecule has 1 N–H and O–H groups in total. The summed E-state index contributed by atoms with van der Waals surface area (Å²) in [5.41, 5.74) is 0.796. The van der Waals surface area contributed by atoms with Crippen molar-refractivity contribution in [3.8, 4) is 0 Å². The molecule has 0 radical (unpaired) electrons. The van der Waals surface area contributed by atoms with E-state index in [-0.39, 0.29) is 35.5 Å². The highest BCUT2D eigenvalue weighted by Crippen LogP contribution is 2.61. The van der Waals surface area contributed by atoms with E-state index >= 15 is 0 Å². The van der Waals surface area contributed by atoms with Gasteiger partial charge in [-0.1, -0.05) is 56.4 Å². The lowest BCUT2D eigenvalue weighted by molar-refractivity contribution is -0.146. The molecule has 6 rings (SSSR count). The fourth-order valence-corrected chi connectivity index (χ4v) is 9.22. The maximum absolute atomic E-state index is 14.6. The second-order valence-electron chi connectivity index (χ2n) is 11.9. The lowest BCUT2D eigenvalue weighted by Crippen LogP contribution is -2.58. The predicted molar refractivity (Wildman–Crippen MR) is 158 cm³/mol. The van der Waals surface area contributed by atoms with Crippen molar-refractivity contribution in [1.82, 2.24) is 14.7 Å². The van der Waals surface area contributed by atoms with Crippen molar-refractivity contribution in [3.63, 3.8) is 0 Å². The van der Waals surface area contributed by atoms with Crippen LogP contribution in [0.15, 0.2) is 54.6 Å². The number of benzene rings is 1. The van der Waals surface area contributed by atoms with Gasteiger partial charge >= 0.3 is 0 Å². The van der Waals surface area contributed by atoms with E-state index in [4.69, 9.17) is 4.74 Å². The van der Waals surface area contributed by atoms with Crippen LogP contribution in [0.5, 0.6) is 0 Å². The van der Waals surface area contributed by atoms with Crippen LogP contribution in [0, 0.1) is 17.8 Å². The summed E-state index contributed by atoms with van der Waals surface area (Å²) in [5, 5.41) is 10.3. The topological polar surface area (TPSA) is 93.6 Å². The number of aliphatic hydroxyl groups excluding tert-OH is 1. The molecule has 5 aliphatic heterocycles. The molecule has 5 heterocycles. The number of nitrogens with zero attached hydrogens (tertiary/aromatic N) is 4. The molecule has 220 valence electrons. The Balaban J connectivity index is 1.38. The van der Waals surface area contributed by atoms with Crippen LogP contribution < -0.4 is 4.90 Å². The van der Waals surface area contributed by atoms with Crippen molar-refractivity contribution in [2.75, 3.05) is 64.0 Å². The minimum Gasteiger partial charge on any atom is -0.394 e. The summed E-state index contributed by atoms with van der Waals surface area (Å²) < 4.78 is 4.59. The monoisotopic (exact) mass is 580 g/mol. The highest BCUT2D eigenvalue weighted by Gasteiger charge is 2.71. The zero-order valence-corrected chi connectivity index (χ0v) is 24.6. The molecule has 1 unspecified atom stereocenters. The number of hydrogen-bond acceptors (Lipinski definition) is 7. The van der Waals surface area contributed by atoms with Crippen molar-refractivity contribution < 1.29 is 24.2 Å². The van der Waals surface area contributed by atoms with Gasteiger partial charge in [0.1, 0.15) is 6.04 Å². The molecule has 3 saturated heterocycles. The van der Waals surface area contributed by atoms with Crippen LogP contribution in [0.2, 0.25) is 0 Å². The average molecular weight is 581 g/mol. The Morgan fingerprint density at radius 1 is 1.00 bits per heavy atom. The molecule has 41 heavy (non-hydrogen) atoms. The van der Waals surface area contributed by atoms with Gasteiger partial charge in [-0.25, -0.2) is 0 Å². The van der Waals surface area contributed by atoms with Crippen molar-refractivity contribution in [1.29, 1.82) is 0 Å². The molecule has 1 spiro atoms. The van der Waals surface area contributed by atoms with Crippen molar-refractivity contribution in [2.45, 2.75) is 35.9 Å². The second kappa shape index (κ2) is 11.6. The molecule has 6 atom stereocenters. The number of anilines is 1. The molecule has 3 amide bonds. The van der Waals surface area contributed by atoms with Gasteiger partial charge in [-0.15, -0.1) is 11.8 Å². The number of morpholine rings is 1. The van der Waals surface area contributed by atoms with E-state index < -0.39 is 28.7 Å². The summed E-state index contributed by atoms with van der Waals surface area (Å²) in [4.78, 5) is 50.9. The third kappa shape index (κ3) is 4.82. The number of hydrogen-bond donors (Lipinski definition) is 1. The third-order valence-corrected chi connectivity index (χ3v) is 11.1. The number of carbonyl (C=O) groups is 3. The maximum Gasteiger partial charge on any atom is 0.247 e. The van der Waals surface area contributed by atoms with Gasteiger partial charge in [0.25, 0.3) is 0 Å². The minimum absolute atomic E-state index is 0.0620. The molecule has 9 nitrogen and oxygen atoms in total. The van der Waals surface area contributed by atoms with Crippen LogP contribution in [-0.4, -0.2) is 119 Å². The predicted octanol–water partition coefficient (Wildman–Crippen LogP) is 1.63. The highest BCUT2D eigenvalue weighted by molar-refractivity contribution is 8.02. The van der Waals surface area contributed by atoms with E-state index in [1.807, 2.05) is 61.2 Å². The minimum atomic E-state index is -0.890. The Kier molecular flexibility index (Phi) is 8.02. The van der Waals surface area contributed by atoms with Gasteiger partial charge in [0, 0.05) is 50.2 Å². The normalized spacial score (nSPS) is 32.7. The highest BCUT2D eigenvalue weighted by atomic mass is 32.2. The number of amides is 3. The number of carbonyl (C=O) groups excluding carboxylic acids is 3. The second-order valence-corrected chi connectivity index (χ2v) is 13.4. The van der Waals surface area contributed by atoms with Crippen LogP contribution in [0.4, 0.5) is 5.69 Å². The van der Waals surface area contributed by atoms with E-state index in [9.17, 15) is 19.5 Å². The Morgan fingerprint density at radius 2 is 1.76 bits per heavy atom. The van der Waals surface area contributed by atoms with E-state index in [1.54, 1.807) is 21.6 Å². The van der Waals surface area contributed by atoms with Gasteiger partial charge < -0.3 is 24.5 Å². The van der Waals surface area contributed by atoms with Crippen molar-refractivity contribution >= 4 is 35.2 Å². The molecular formula is C31H40N4O5S. The molecule has 10 heteroatoms. The van der Waals surface area contributed by atoms with Crippen LogP contribution in [0.3, 0.4) is 0 Å². The van der Waals surface area contributed by atoms with Gasteiger partial charge in [0.05, 0.1) is 42.4 Å². The molecule has 0 aliphatic carbocycles. The van der Waals surface area contributed by atoms with Crippen LogP contribution in [-0.2, 0) is 19.1 Å². The summed E-state index contributed by atoms with van der Waals surface area (Å²) in [6, 6.07) is 8.25. The first-order chi connectivity index (χ1) is 19.9. The first-order valence-electron chi connectivity index (χ1n) is 14.8. The molecule has 0 saturated carbocycles. The zero-order valence-electron chi connectivity index (χ0n) is 23.8. The van der Waals surface area contributed by atoms with E-state index in [0.29, 0.717) is 32.8 Å². The Hall–Kier alpha value is -2.66. The van der Waals surface area contributed by atoms with E-state index in [0.717, 1.165) is 25.3 Å². The molecule has 0 aromatic heterocycles. The number of rotatable bonds is 7. The Labute approximate surface area is 246 Å². The molecular weight excluding hydrogens is 540 g/mol. The number of para-hydroxylation sites is 1. The summed E-state index contributed by atoms with van der Waals surface area (Å²) in [6.45, 7) is 8.93. The largest absolute Gasteiger partial charge is 0.394 e. The first kappa shape index (κ1) is 28.5. The lowest BCUT2D eigenvalue weighted by atomic mass is 9.78. The zero-order chi connectivity index (χ0) is 28.7. The maximum atomic E-state index is 14.6. The smallest absolute Gasteiger partial charge is 0.247 e. The SMILES string of the molecule is CC(C)[C@H](CO)N1C(=O)[C@@H]2[C@H]3C(=O)N(c4ccccc4)CC=C[C@H]3S[C@@]23C=CCN(CCN2CCOCC2)C(=O)C13. The number of thioether (sulfide) groups is 1. The summed E-state index contributed by atoms with van der Waals surface area (Å²) >= 11 is 1.58. The Bertz CT molecular complexity index is 1220. The fraction of sp³-hybridized carbons (Fsp3) is 0.581. The van der Waals surface area contributed by atoms with Gasteiger partial charge in [-0.3, -0.25) is 19.3 Å². The molecule has 3 fully saturated rings. The average Bonchev–Trinajstić information content (AvgIpc) is 3.29. The molecule has 5 aliphatic rings. The fourth-order valence-electron chi connectivity index (χ4n) is 7.23.